The number of hydrogen-bond donors (Lipinski definition) is 4. The highest BCUT2D eigenvalue weighted by Gasteiger charge is 2.20. The molecule has 0 heterocycles. The van der Waals surface area contributed by atoms with Crippen LogP contribution in [0.15, 0.2) is 138 Å². The van der Waals surface area contributed by atoms with Gasteiger partial charge in [0, 0.05) is 12.7 Å². The molecule has 0 amide bonds. The van der Waals surface area contributed by atoms with Gasteiger partial charge in [0.1, 0.15) is 10.6 Å². The summed E-state index contributed by atoms with van der Waals surface area (Å²) >= 11 is -2.70. The highest BCUT2D eigenvalue weighted by Crippen LogP contribution is 2.25. The van der Waals surface area contributed by atoms with Crippen LogP contribution in [0.25, 0.3) is 0 Å². The quantitative estimate of drug-likeness (QED) is 0.0259. The molecule has 0 saturated carbocycles. The summed E-state index contributed by atoms with van der Waals surface area (Å²) in [6, 6.07) is 0. The molecule has 44 heavy (non-hydrogen) atoms. The summed E-state index contributed by atoms with van der Waals surface area (Å²) in [5, 5.41) is 35.7. The number of aliphatic hydroxyl groups is 1. The van der Waals surface area contributed by atoms with E-state index in [9.17, 15) is 37.0 Å². The Bertz CT molecular complexity index is 1480. The smallest absolute Gasteiger partial charge is 0.296 e. The van der Waals surface area contributed by atoms with Gasteiger partial charge in [0.05, 0.1) is 35.1 Å². The van der Waals surface area contributed by atoms with Crippen molar-refractivity contribution in [1.29, 1.82) is 0 Å². The third kappa shape index (κ3) is 16.5. The second kappa shape index (κ2) is 22.5. The molecular weight excluding hydrogens is 612 g/mol. The summed E-state index contributed by atoms with van der Waals surface area (Å²) in [7, 11) is -4.95. The van der Waals surface area contributed by atoms with Gasteiger partial charge in [-0.05, 0) is 56.2 Å². The fraction of sp³-hybridized carbons (Fsp3) is 0.286. The zero-order valence-corrected chi connectivity index (χ0v) is 26.3. The van der Waals surface area contributed by atoms with Gasteiger partial charge < -0.3 is 15.4 Å². The van der Waals surface area contributed by atoms with Gasteiger partial charge in [0.2, 0.25) is 5.70 Å². The minimum atomic E-state index is -4.95. The van der Waals surface area contributed by atoms with Gasteiger partial charge in [0.15, 0.2) is 11.1 Å². The monoisotopic (exact) mass is 650 g/mol. The summed E-state index contributed by atoms with van der Waals surface area (Å²) < 4.78 is 56.8. The molecule has 0 spiro atoms. The van der Waals surface area contributed by atoms with Crippen LogP contribution in [0.1, 0.15) is 33.6 Å². The van der Waals surface area contributed by atoms with Crippen LogP contribution in [0, 0.1) is 10.1 Å². The number of nitrogens with zero attached hydrogens (tertiary/aromatic N) is 5. The van der Waals surface area contributed by atoms with Crippen LogP contribution in [-0.4, -0.2) is 51.5 Å². The molecule has 0 aliphatic carbocycles. The fourth-order valence-electron chi connectivity index (χ4n) is 2.90. The maximum absolute atomic E-state index is 12.3. The van der Waals surface area contributed by atoms with Crippen LogP contribution in [0.5, 0.6) is 0 Å². The molecule has 0 bridgehead atoms. The van der Waals surface area contributed by atoms with E-state index in [2.05, 4.69) is 27.0 Å². The summed E-state index contributed by atoms with van der Waals surface area (Å²) in [4.78, 5) is 9.39. The lowest BCUT2D eigenvalue weighted by atomic mass is 10.1. The first kappa shape index (κ1) is 39.9. The van der Waals surface area contributed by atoms with Crippen LogP contribution in [0.3, 0.4) is 0 Å². The summed E-state index contributed by atoms with van der Waals surface area (Å²) in [6.45, 7) is 7.71. The van der Waals surface area contributed by atoms with Gasteiger partial charge in [-0.1, -0.05) is 55.5 Å². The molecular formula is C28H38N6O8S2. The Kier molecular flexibility index (Phi) is 20.4. The van der Waals surface area contributed by atoms with Crippen LogP contribution in [0.2, 0.25) is 0 Å². The van der Waals surface area contributed by atoms with Crippen LogP contribution < -0.4 is 5.73 Å². The van der Waals surface area contributed by atoms with Crippen molar-refractivity contribution in [3.05, 3.63) is 128 Å². The van der Waals surface area contributed by atoms with E-state index >= 15 is 0 Å². The molecule has 0 radical (unpaired) electrons. The highest BCUT2D eigenvalue weighted by atomic mass is 32.2. The molecule has 240 valence electrons. The van der Waals surface area contributed by atoms with E-state index in [0.717, 1.165) is 18.2 Å². The van der Waals surface area contributed by atoms with Crippen molar-refractivity contribution in [1.82, 2.24) is 0 Å². The molecule has 1 unspecified atom stereocenters. The van der Waals surface area contributed by atoms with Crippen molar-refractivity contribution in [3.63, 3.8) is 0 Å². The average molecular weight is 651 g/mol. The maximum atomic E-state index is 12.3. The first-order valence-corrected chi connectivity index (χ1v) is 15.5. The van der Waals surface area contributed by atoms with E-state index < -0.39 is 44.2 Å². The van der Waals surface area contributed by atoms with Crippen molar-refractivity contribution in [2.45, 2.75) is 33.6 Å². The minimum Gasteiger partial charge on any atom is -0.392 e. The van der Waals surface area contributed by atoms with Crippen molar-refractivity contribution in [2.24, 2.45) is 26.2 Å². The lowest BCUT2D eigenvalue weighted by Crippen LogP contribution is -2.10. The number of nitrogens with two attached hydrogens (primary N) is 1. The molecule has 16 heteroatoms. The Morgan fingerprint density at radius 2 is 1.80 bits per heavy atom. The molecule has 0 fully saturated rings. The Morgan fingerprint density at radius 1 is 1.11 bits per heavy atom. The average Bonchev–Trinajstić information content (AvgIpc) is 2.94. The molecule has 0 saturated heterocycles. The Morgan fingerprint density at radius 3 is 2.32 bits per heavy atom. The van der Waals surface area contributed by atoms with Crippen LogP contribution in [0.4, 0.5) is 0 Å². The van der Waals surface area contributed by atoms with Crippen molar-refractivity contribution in [3.8, 4) is 0 Å². The van der Waals surface area contributed by atoms with Gasteiger partial charge in [-0.3, -0.25) is 14.7 Å². The fourth-order valence-corrected chi connectivity index (χ4v) is 4.13. The van der Waals surface area contributed by atoms with Gasteiger partial charge in [0.25, 0.3) is 10.1 Å². The Labute approximate surface area is 259 Å². The Hall–Kier alpha value is -4.06. The molecule has 0 aromatic carbocycles. The zero-order chi connectivity index (χ0) is 33.5. The first-order valence-electron chi connectivity index (χ1n) is 13.0. The molecule has 1 atom stereocenters. The van der Waals surface area contributed by atoms with E-state index in [1.54, 1.807) is 31.2 Å². The predicted octanol–water partition coefficient (Wildman–Crippen LogP) is 5.60. The van der Waals surface area contributed by atoms with Gasteiger partial charge in [-0.25, -0.2) is 4.21 Å². The van der Waals surface area contributed by atoms with E-state index in [4.69, 9.17) is 5.73 Å². The topological polar surface area (TPSA) is 230 Å². The molecule has 14 nitrogen and oxygen atoms in total. The minimum absolute atomic E-state index is 0.0118. The van der Waals surface area contributed by atoms with Gasteiger partial charge in [-0.2, -0.15) is 28.9 Å². The van der Waals surface area contributed by atoms with Crippen LogP contribution in [-0.2, 0) is 21.2 Å². The third-order valence-corrected chi connectivity index (χ3v) is 6.55. The molecule has 0 aliphatic rings. The van der Waals surface area contributed by atoms with E-state index in [-0.39, 0.29) is 46.1 Å². The molecule has 5 N–H and O–H groups in total. The first-order chi connectivity index (χ1) is 20.8. The van der Waals surface area contributed by atoms with Crippen LogP contribution >= 0.6 is 0 Å². The summed E-state index contributed by atoms with van der Waals surface area (Å²) in [6.07, 6.45) is 18.0. The number of allylic oxidation sites excluding steroid dienone is 11. The molecule has 0 aromatic heterocycles. The summed E-state index contributed by atoms with van der Waals surface area (Å²) in [5.74, 6) is 0. The second-order valence-corrected chi connectivity index (χ2v) is 10.7. The lowest BCUT2D eigenvalue weighted by molar-refractivity contribution is -0.427. The van der Waals surface area contributed by atoms with Gasteiger partial charge in [-0.15, -0.1) is 0 Å². The normalized spacial score (nSPS) is 16.0. The molecule has 0 aliphatic heterocycles. The van der Waals surface area contributed by atoms with Crippen molar-refractivity contribution < 1.29 is 31.8 Å². The Balaban J connectivity index is 6.66. The number of rotatable bonds is 19. The van der Waals surface area contributed by atoms with E-state index in [1.165, 1.54) is 31.4 Å². The number of azo groups is 2. The largest absolute Gasteiger partial charge is 0.392 e. The number of aliphatic hydroxyl groups excluding tert-OH is 1. The summed E-state index contributed by atoms with van der Waals surface area (Å²) in [5.41, 5.74) is 5.34. The predicted molar refractivity (Wildman–Crippen MR) is 171 cm³/mol. The molecule has 0 aromatic rings. The molecule has 0 rings (SSSR count). The second-order valence-electron chi connectivity index (χ2n) is 8.33. The van der Waals surface area contributed by atoms with E-state index in [0.29, 0.717) is 6.42 Å². The number of hydrogen-bond acceptors (Lipinski definition) is 11. The number of nitro groups is 1. The third-order valence-electron chi connectivity index (χ3n) is 4.94. The van der Waals surface area contributed by atoms with Crippen molar-refractivity contribution in [2.75, 3.05) is 19.7 Å². The van der Waals surface area contributed by atoms with Crippen molar-refractivity contribution >= 4 is 21.2 Å². The SMILES string of the molecule is C=C(C)C(=C\C(=C(/CN)N=NCC=CC/C(=C\CC)[N+](=O)[O-])S(=O)(=O)O)/C=C(C(=C\CO)\N=N/C=C/C=C\C=C/C)/S(=O)O. The van der Waals surface area contributed by atoms with E-state index in [1.807, 2.05) is 13.0 Å². The standard InChI is InChI=1S/C28H38N6O8S2/c1-5-7-8-9-11-16-30-32-25(15-18-35)27(43(38)39)19-23(22(3)4)20-28(44(40,41)42)26(21-29)33-31-17-12-10-14-24(13-6-2)34(36)37/h5,7-13,15-16,19-20,35H,3,6,14,17-18,21,29H2,1-2,4H3,(H,38,39)(H,40,41,42)/b7-5-,9-8-,12-10?,16-11+,23-20-,24-13+,25-15-,27-19+,28-26-,32-30-,33-31?. The zero-order valence-electron chi connectivity index (χ0n) is 24.7. The highest BCUT2D eigenvalue weighted by molar-refractivity contribution is 7.90. The maximum Gasteiger partial charge on any atom is 0.296 e. The lowest BCUT2D eigenvalue weighted by Gasteiger charge is -2.09. The van der Waals surface area contributed by atoms with Gasteiger partial charge >= 0.3 is 0 Å².